The molecule has 1 atom stereocenters. The molecule has 0 saturated heterocycles. The normalized spacial score (nSPS) is 22.2. The van der Waals surface area contributed by atoms with Crippen LogP contribution in [0.5, 0.6) is 0 Å². The topological polar surface area (TPSA) is 88.1 Å². The Balaban J connectivity index is 1.21. The number of hydrazone groups is 1. The molecule has 2 fully saturated rings. The number of rotatable bonds is 10. The Kier molecular flexibility index (Phi) is 9.86. The highest BCUT2D eigenvalue weighted by Crippen LogP contribution is 2.38. The van der Waals surface area contributed by atoms with Crippen molar-refractivity contribution in [2.75, 3.05) is 7.11 Å². The average molecular weight is 558 g/mol. The summed E-state index contributed by atoms with van der Waals surface area (Å²) in [5, 5.41) is 9.67. The van der Waals surface area contributed by atoms with Gasteiger partial charge in [-0.1, -0.05) is 67.4 Å². The molecule has 1 aliphatic heterocycles. The quantitative estimate of drug-likeness (QED) is 0.357. The summed E-state index contributed by atoms with van der Waals surface area (Å²) in [6.07, 6.45) is 11.0. The lowest BCUT2D eigenvalue weighted by Gasteiger charge is -2.31. The van der Waals surface area contributed by atoms with Gasteiger partial charge in [-0.05, 0) is 73.5 Å². The molecular formula is C34H43N3O4. The maximum absolute atomic E-state index is 13.7. The summed E-state index contributed by atoms with van der Waals surface area (Å²) in [5.41, 5.74) is 4.07. The van der Waals surface area contributed by atoms with Gasteiger partial charge in [-0.25, -0.2) is 5.01 Å². The number of carbonyl (C=O) groups excluding carboxylic acids is 3. The summed E-state index contributed by atoms with van der Waals surface area (Å²) in [4.78, 5) is 37.9. The van der Waals surface area contributed by atoms with Crippen molar-refractivity contribution >= 4 is 23.5 Å². The SMILES string of the molecule is COC(=O)CC[C@H]1CC[C@H](NC(=O)C(c2ccc(CN3N=C(c4ccccc4)CCC3=O)cc2)C2CCCC2)CC1. The Bertz CT molecular complexity index is 1210. The average Bonchev–Trinajstić information content (AvgIpc) is 3.53. The highest BCUT2D eigenvalue weighted by atomic mass is 16.5. The van der Waals surface area contributed by atoms with E-state index >= 15 is 0 Å². The second-order valence-corrected chi connectivity index (χ2v) is 12.0. The molecule has 7 heteroatoms. The molecule has 0 aromatic heterocycles. The van der Waals surface area contributed by atoms with Crippen LogP contribution in [0.4, 0.5) is 0 Å². The third-order valence-electron chi connectivity index (χ3n) is 9.21. The number of hydrogen-bond donors (Lipinski definition) is 1. The second kappa shape index (κ2) is 13.9. The molecule has 2 saturated carbocycles. The summed E-state index contributed by atoms with van der Waals surface area (Å²) in [6.45, 7) is 0.426. The number of hydrogen-bond acceptors (Lipinski definition) is 5. The first kappa shape index (κ1) is 29.0. The number of benzene rings is 2. The van der Waals surface area contributed by atoms with Crippen LogP contribution in [-0.2, 0) is 25.7 Å². The van der Waals surface area contributed by atoms with E-state index in [1.165, 1.54) is 20.0 Å². The van der Waals surface area contributed by atoms with Crippen LogP contribution >= 0.6 is 0 Å². The standard InChI is InChI=1S/C34H43N3O4/c1-41-32(39)22-15-24-13-18-29(19-14-24)35-34(40)33(27-9-5-6-10-27)28-16-11-25(12-17-28)23-37-31(38)21-20-30(36-37)26-7-3-2-4-8-26/h2-4,7-8,11-12,16-17,24,27,29,33H,5-6,9-10,13-15,18-23H2,1H3,(H,35,40)/t24-,29-,33?. The van der Waals surface area contributed by atoms with Crippen molar-refractivity contribution in [2.45, 2.75) is 95.6 Å². The molecule has 3 aliphatic rings. The van der Waals surface area contributed by atoms with Gasteiger partial charge in [-0.2, -0.15) is 5.10 Å². The minimum atomic E-state index is -0.150. The monoisotopic (exact) mass is 557 g/mol. The van der Waals surface area contributed by atoms with E-state index in [1.807, 2.05) is 30.3 Å². The van der Waals surface area contributed by atoms with Gasteiger partial charge in [-0.15, -0.1) is 0 Å². The molecule has 1 heterocycles. The molecule has 41 heavy (non-hydrogen) atoms. The van der Waals surface area contributed by atoms with Gasteiger partial charge in [0.15, 0.2) is 0 Å². The number of carbonyl (C=O) groups is 3. The molecule has 2 aromatic carbocycles. The van der Waals surface area contributed by atoms with Crippen LogP contribution in [0.3, 0.4) is 0 Å². The minimum absolute atomic E-state index is 0.0389. The van der Waals surface area contributed by atoms with Crippen molar-refractivity contribution in [1.29, 1.82) is 0 Å². The zero-order valence-electron chi connectivity index (χ0n) is 24.2. The van der Waals surface area contributed by atoms with Gasteiger partial charge >= 0.3 is 5.97 Å². The smallest absolute Gasteiger partial charge is 0.305 e. The van der Waals surface area contributed by atoms with Crippen LogP contribution in [-0.4, -0.2) is 41.7 Å². The molecule has 2 aliphatic carbocycles. The van der Waals surface area contributed by atoms with Crippen LogP contribution in [0.2, 0.25) is 0 Å². The molecule has 2 aromatic rings. The predicted octanol–water partition coefficient (Wildman–Crippen LogP) is 6.12. The highest BCUT2D eigenvalue weighted by molar-refractivity contribution is 6.04. The maximum atomic E-state index is 13.7. The maximum Gasteiger partial charge on any atom is 0.305 e. The summed E-state index contributed by atoms with van der Waals surface area (Å²) in [7, 11) is 1.44. The van der Waals surface area contributed by atoms with Crippen molar-refractivity contribution in [2.24, 2.45) is 16.9 Å². The van der Waals surface area contributed by atoms with Gasteiger partial charge in [0.05, 0.1) is 25.3 Å². The van der Waals surface area contributed by atoms with Crippen LogP contribution in [0, 0.1) is 11.8 Å². The Labute approximate surface area is 243 Å². The zero-order valence-corrected chi connectivity index (χ0v) is 24.2. The molecule has 7 nitrogen and oxygen atoms in total. The number of esters is 1. The van der Waals surface area contributed by atoms with Crippen LogP contribution in [0.15, 0.2) is 59.7 Å². The predicted molar refractivity (Wildman–Crippen MR) is 159 cm³/mol. The molecule has 0 bridgehead atoms. The lowest BCUT2D eigenvalue weighted by molar-refractivity contribution is -0.141. The lowest BCUT2D eigenvalue weighted by atomic mass is 9.81. The molecule has 2 amide bonds. The Hall–Kier alpha value is -3.48. The summed E-state index contributed by atoms with van der Waals surface area (Å²) < 4.78 is 4.78. The Morgan fingerprint density at radius 1 is 0.951 bits per heavy atom. The fraction of sp³-hybridized carbons (Fsp3) is 0.529. The summed E-state index contributed by atoms with van der Waals surface area (Å²) >= 11 is 0. The van der Waals surface area contributed by atoms with Gasteiger partial charge in [0.25, 0.3) is 0 Å². The largest absolute Gasteiger partial charge is 0.469 e. The Morgan fingerprint density at radius 3 is 2.34 bits per heavy atom. The van der Waals surface area contributed by atoms with E-state index in [0.29, 0.717) is 37.6 Å². The molecule has 1 N–H and O–H groups in total. The van der Waals surface area contributed by atoms with Crippen molar-refractivity contribution < 1.29 is 19.1 Å². The van der Waals surface area contributed by atoms with Crippen molar-refractivity contribution in [1.82, 2.24) is 10.3 Å². The van der Waals surface area contributed by atoms with E-state index in [2.05, 4.69) is 34.7 Å². The van der Waals surface area contributed by atoms with Crippen molar-refractivity contribution in [3.8, 4) is 0 Å². The summed E-state index contributed by atoms with van der Waals surface area (Å²) in [5.74, 6) is 0.781. The summed E-state index contributed by atoms with van der Waals surface area (Å²) in [6, 6.07) is 18.5. The van der Waals surface area contributed by atoms with Gasteiger partial charge in [-0.3, -0.25) is 14.4 Å². The first-order valence-electron chi connectivity index (χ1n) is 15.4. The fourth-order valence-electron chi connectivity index (χ4n) is 6.80. The van der Waals surface area contributed by atoms with E-state index in [4.69, 9.17) is 4.74 Å². The Morgan fingerprint density at radius 2 is 1.66 bits per heavy atom. The van der Waals surface area contributed by atoms with E-state index < -0.39 is 0 Å². The van der Waals surface area contributed by atoms with Gasteiger partial charge in [0.1, 0.15) is 0 Å². The minimum Gasteiger partial charge on any atom is -0.469 e. The number of methoxy groups -OCH3 is 1. The molecule has 1 unspecified atom stereocenters. The molecule has 5 rings (SSSR count). The highest BCUT2D eigenvalue weighted by Gasteiger charge is 2.34. The van der Waals surface area contributed by atoms with Gasteiger partial charge in [0.2, 0.25) is 11.8 Å². The zero-order chi connectivity index (χ0) is 28.6. The second-order valence-electron chi connectivity index (χ2n) is 12.0. The molecular weight excluding hydrogens is 514 g/mol. The van der Waals surface area contributed by atoms with Crippen LogP contribution < -0.4 is 5.32 Å². The van der Waals surface area contributed by atoms with Crippen LogP contribution in [0.25, 0.3) is 0 Å². The first-order valence-corrected chi connectivity index (χ1v) is 15.4. The number of nitrogens with zero attached hydrogens (tertiary/aromatic N) is 2. The third kappa shape index (κ3) is 7.63. The fourth-order valence-corrected chi connectivity index (χ4v) is 6.80. The third-order valence-corrected chi connectivity index (χ3v) is 9.21. The van der Waals surface area contributed by atoms with Crippen molar-refractivity contribution in [3.05, 3.63) is 71.3 Å². The lowest BCUT2D eigenvalue weighted by Crippen LogP contribution is -2.41. The number of nitrogens with one attached hydrogen (secondary N) is 1. The van der Waals surface area contributed by atoms with Crippen molar-refractivity contribution in [3.63, 3.8) is 0 Å². The van der Waals surface area contributed by atoms with E-state index in [-0.39, 0.29) is 29.7 Å². The number of ether oxygens (including phenoxy) is 1. The van der Waals surface area contributed by atoms with E-state index in [0.717, 1.165) is 67.3 Å². The van der Waals surface area contributed by atoms with E-state index in [1.54, 1.807) is 5.01 Å². The molecule has 218 valence electrons. The molecule has 0 radical (unpaired) electrons. The van der Waals surface area contributed by atoms with Crippen LogP contribution in [0.1, 0.15) is 99.7 Å². The number of amides is 2. The van der Waals surface area contributed by atoms with Gasteiger partial charge < -0.3 is 10.1 Å². The van der Waals surface area contributed by atoms with Gasteiger partial charge in [0, 0.05) is 25.3 Å². The molecule has 0 spiro atoms. The van der Waals surface area contributed by atoms with E-state index in [9.17, 15) is 14.4 Å². The first-order chi connectivity index (χ1) is 20.0.